The highest BCUT2D eigenvalue weighted by Gasteiger charge is 2.29. The molecule has 0 atom stereocenters. The van der Waals surface area contributed by atoms with Crippen molar-refractivity contribution in [2.24, 2.45) is 13.0 Å². The second kappa shape index (κ2) is 7.44. The van der Waals surface area contributed by atoms with Crippen LogP contribution >= 0.6 is 0 Å². The largest absolute Gasteiger partial charge is 0.352 e. The fraction of sp³-hybridized carbons (Fsp3) is 0.364. The van der Waals surface area contributed by atoms with E-state index in [0.29, 0.717) is 5.95 Å². The van der Waals surface area contributed by atoms with Gasteiger partial charge in [-0.1, -0.05) is 12.1 Å². The number of nitrogens with one attached hydrogen (secondary N) is 2. The molecular formula is C22H25N7O. The van der Waals surface area contributed by atoms with Crippen LogP contribution in [0.5, 0.6) is 0 Å². The SMILES string of the molecule is Cc1nc(Nc2cnn(C)c2)nc2c1CCN2Cc1ccc(NC(=O)C2CC2)cc1. The summed E-state index contributed by atoms with van der Waals surface area (Å²) in [6.45, 7) is 3.73. The van der Waals surface area contributed by atoms with Crippen molar-refractivity contribution in [1.29, 1.82) is 0 Å². The van der Waals surface area contributed by atoms with Crippen molar-refractivity contribution in [2.45, 2.75) is 32.7 Å². The molecule has 2 aromatic heterocycles. The van der Waals surface area contributed by atoms with E-state index in [0.717, 1.165) is 55.2 Å². The molecule has 30 heavy (non-hydrogen) atoms. The summed E-state index contributed by atoms with van der Waals surface area (Å²) in [4.78, 5) is 23.6. The van der Waals surface area contributed by atoms with Gasteiger partial charge in [0.15, 0.2) is 0 Å². The number of aromatic nitrogens is 4. The predicted octanol–water partition coefficient (Wildman–Crippen LogP) is 3.17. The summed E-state index contributed by atoms with van der Waals surface area (Å²) in [5.41, 5.74) is 5.13. The summed E-state index contributed by atoms with van der Waals surface area (Å²) in [6.07, 6.45) is 6.62. The van der Waals surface area contributed by atoms with E-state index >= 15 is 0 Å². The van der Waals surface area contributed by atoms with Gasteiger partial charge >= 0.3 is 0 Å². The van der Waals surface area contributed by atoms with Crippen LogP contribution in [0, 0.1) is 12.8 Å². The fourth-order valence-corrected chi connectivity index (χ4v) is 3.82. The maximum absolute atomic E-state index is 11.9. The van der Waals surface area contributed by atoms with Crippen LogP contribution in [-0.2, 0) is 24.8 Å². The van der Waals surface area contributed by atoms with Crippen LogP contribution in [0.1, 0.15) is 29.7 Å². The third-order valence-electron chi connectivity index (χ3n) is 5.63. The molecule has 8 heteroatoms. The maximum atomic E-state index is 11.9. The summed E-state index contributed by atoms with van der Waals surface area (Å²) >= 11 is 0. The maximum Gasteiger partial charge on any atom is 0.229 e. The summed E-state index contributed by atoms with van der Waals surface area (Å²) in [5, 5.41) is 10.4. The standard InChI is InChI=1S/C22H25N7O/c1-14-19-9-10-29(20(19)27-22(24-14)26-18-11-23-28(2)13-18)12-15-3-7-17(8-4-15)25-21(30)16-5-6-16/h3-4,7-8,11,13,16H,5-6,9-10,12H2,1-2H3,(H,25,30)(H,24,26,27). The van der Waals surface area contributed by atoms with Crippen LogP contribution in [0.2, 0.25) is 0 Å². The van der Waals surface area contributed by atoms with Gasteiger partial charge in [0.2, 0.25) is 11.9 Å². The lowest BCUT2D eigenvalue weighted by atomic mass is 10.2. The normalized spacial score (nSPS) is 15.2. The Morgan fingerprint density at radius 1 is 1.17 bits per heavy atom. The Balaban J connectivity index is 1.30. The number of amides is 1. The predicted molar refractivity (Wildman–Crippen MR) is 116 cm³/mol. The number of aryl methyl sites for hydroxylation is 2. The minimum Gasteiger partial charge on any atom is -0.352 e. The lowest BCUT2D eigenvalue weighted by Gasteiger charge is -2.19. The van der Waals surface area contributed by atoms with E-state index in [1.165, 1.54) is 11.1 Å². The molecule has 0 radical (unpaired) electrons. The quantitative estimate of drug-likeness (QED) is 0.657. The molecule has 3 aromatic rings. The molecule has 8 nitrogen and oxygen atoms in total. The summed E-state index contributed by atoms with van der Waals surface area (Å²) in [5.74, 6) is 1.92. The van der Waals surface area contributed by atoms with E-state index in [4.69, 9.17) is 4.98 Å². The molecule has 1 fully saturated rings. The minimum absolute atomic E-state index is 0.136. The van der Waals surface area contributed by atoms with Crippen LogP contribution in [-0.4, -0.2) is 32.2 Å². The van der Waals surface area contributed by atoms with Crippen molar-refractivity contribution in [3.63, 3.8) is 0 Å². The number of benzene rings is 1. The van der Waals surface area contributed by atoms with Crippen molar-refractivity contribution in [1.82, 2.24) is 19.7 Å². The number of hydrogen-bond donors (Lipinski definition) is 2. The van der Waals surface area contributed by atoms with Gasteiger partial charge < -0.3 is 15.5 Å². The smallest absolute Gasteiger partial charge is 0.229 e. The van der Waals surface area contributed by atoms with E-state index in [-0.39, 0.29) is 11.8 Å². The lowest BCUT2D eigenvalue weighted by molar-refractivity contribution is -0.117. The molecule has 1 amide bonds. The monoisotopic (exact) mass is 403 g/mol. The molecule has 2 aliphatic rings. The second-order valence-corrected chi connectivity index (χ2v) is 8.09. The Kier molecular flexibility index (Phi) is 4.61. The molecule has 5 rings (SSSR count). The summed E-state index contributed by atoms with van der Waals surface area (Å²) in [7, 11) is 1.88. The van der Waals surface area contributed by atoms with E-state index in [1.807, 2.05) is 32.3 Å². The van der Waals surface area contributed by atoms with Crippen molar-refractivity contribution in [2.75, 3.05) is 22.1 Å². The highest BCUT2D eigenvalue weighted by molar-refractivity contribution is 5.94. The molecular weight excluding hydrogens is 378 g/mol. The Morgan fingerprint density at radius 2 is 1.97 bits per heavy atom. The molecule has 2 N–H and O–H groups in total. The molecule has 1 saturated carbocycles. The Hall–Kier alpha value is -3.42. The van der Waals surface area contributed by atoms with Gasteiger partial charge in [-0.2, -0.15) is 10.1 Å². The zero-order valence-corrected chi connectivity index (χ0v) is 17.2. The zero-order valence-electron chi connectivity index (χ0n) is 17.2. The van der Waals surface area contributed by atoms with Crippen molar-refractivity contribution < 1.29 is 4.79 Å². The fourth-order valence-electron chi connectivity index (χ4n) is 3.82. The topological polar surface area (TPSA) is 88.0 Å². The number of fused-ring (bicyclic) bond motifs is 1. The number of carbonyl (C=O) groups is 1. The average Bonchev–Trinajstić information content (AvgIpc) is 3.39. The number of rotatable bonds is 6. The van der Waals surface area contributed by atoms with Gasteiger partial charge in [-0.25, -0.2) is 4.98 Å². The number of hydrogen-bond acceptors (Lipinski definition) is 6. The molecule has 1 aliphatic heterocycles. The zero-order chi connectivity index (χ0) is 20.7. The first kappa shape index (κ1) is 18.6. The molecule has 1 aromatic carbocycles. The number of carbonyl (C=O) groups excluding carboxylic acids is 1. The highest BCUT2D eigenvalue weighted by Crippen LogP contribution is 2.32. The summed E-state index contributed by atoms with van der Waals surface area (Å²) < 4.78 is 1.74. The third kappa shape index (κ3) is 3.85. The number of nitrogens with zero attached hydrogens (tertiary/aromatic N) is 5. The van der Waals surface area contributed by atoms with Crippen LogP contribution in [0.15, 0.2) is 36.7 Å². The van der Waals surface area contributed by atoms with Crippen LogP contribution in [0.3, 0.4) is 0 Å². The molecule has 0 unspecified atom stereocenters. The van der Waals surface area contributed by atoms with Crippen molar-refractivity contribution in [3.05, 3.63) is 53.5 Å². The van der Waals surface area contributed by atoms with Gasteiger partial charge in [-0.15, -0.1) is 0 Å². The lowest BCUT2D eigenvalue weighted by Crippen LogP contribution is -2.21. The Morgan fingerprint density at radius 3 is 2.67 bits per heavy atom. The van der Waals surface area contributed by atoms with Gasteiger partial charge in [0.05, 0.1) is 11.9 Å². The highest BCUT2D eigenvalue weighted by atomic mass is 16.2. The van der Waals surface area contributed by atoms with Gasteiger partial charge in [-0.3, -0.25) is 9.48 Å². The van der Waals surface area contributed by atoms with Crippen LogP contribution < -0.4 is 15.5 Å². The van der Waals surface area contributed by atoms with Crippen LogP contribution in [0.25, 0.3) is 0 Å². The molecule has 3 heterocycles. The first-order chi connectivity index (χ1) is 14.5. The Bertz CT molecular complexity index is 1090. The van der Waals surface area contributed by atoms with E-state index in [9.17, 15) is 4.79 Å². The first-order valence-corrected chi connectivity index (χ1v) is 10.3. The van der Waals surface area contributed by atoms with Crippen molar-refractivity contribution >= 4 is 29.0 Å². The first-order valence-electron chi connectivity index (χ1n) is 10.3. The second-order valence-electron chi connectivity index (χ2n) is 8.09. The Labute approximate surface area is 175 Å². The molecule has 0 bridgehead atoms. The van der Waals surface area contributed by atoms with Gasteiger partial charge in [0, 0.05) is 49.2 Å². The van der Waals surface area contributed by atoms with Crippen LogP contribution in [0.4, 0.5) is 23.1 Å². The van der Waals surface area contributed by atoms with Gasteiger partial charge in [-0.05, 0) is 43.9 Å². The van der Waals surface area contributed by atoms with E-state index < -0.39 is 0 Å². The van der Waals surface area contributed by atoms with E-state index in [1.54, 1.807) is 10.9 Å². The molecule has 154 valence electrons. The van der Waals surface area contributed by atoms with Gasteiger partial charge in [0.25, 0.3) is 0 Å². The molecule has 0 spiro atoms. The molecule has 1 aliphatic carbocycles. The van der Waals surface area contributed by atoms with Gasteiger partial charge in [0.1, 0.15) is 5.82 Å². The number of anilines is 4. The van der Waals surface area contributed by atoms with E-state index in [2.05, 4.69) is 37.7 Å². The average molecular weight is 403 g/mol. The summed E-state index contributed by atoms with van der Waals surface area (Å²) in [6, 6.07) is 8.10. The third-order valence-corrected chi connectivity index (χ3v) is 5.63. The molecule has 0 saturated heterocycles. The van der Waals surface area contributed by atoms with Crippen molar-refractivity contribution in [3.8, 4) is 0 Å². The minimum atomic E-state index is 0.136.